The van der Waals surface area contributed by atoms with Crippen LogP contribution in [-0.4, -0.2) is 16.8 Å². The molecule has 1 aliphatic carbocycles. The van der Waals surface area contributed by atoms with Gasteiger partial charge in [0, 0.05) is 5.33 Å². The number of rotatable bonds is 3. The Hall–Kier alpha value is -0.540. The van der Waals surface area contributed by atoms with Crippen molar-refractivity contribution in [2.24, 2.45) is 0 Å². The summed E-state index contributed by atoms with van der Waals surface area (Å²) in [5, 5.41) is 4.51. The van der Waals surface area contributed by atoms with E-state index in [1.165, 1.54) is 12.8 Å². The van der Waals surface area contributed by atoms with Gasteiger partial charge in [0.1, 0.15) is 0 Å². The second kappa shape index (κ2) is 5.62. The summed E-state index contributed by atoms with van der Waals surface area (Å²) in [5.74, 6) is -0.0648. The summed E-state index contributed by atoms with van der Waals surface area (Å²) in [4.78, 5) is 12.3. The van der Waals surface area contributed by atoms with E-state index in [9.17, 15) is 4.79 Å². The summed E-state index contributed by atoms with van der Waals surface area (Å²) < 4.78 is 0. The molecule has 1 N–H and O–H groups in total. The Labute approximate surface area is 121 Å². The molecule has 0 saturated heterocycles. The number of benzene rings is 1. The topological polar surface area (TPSA) is 29.1 Å². The van der Waals surface area contributed by atoms with Crippen LogP contribution >= 0.6 is 27.5 Å². The van der Waals surface area contributed by atoms with Gasteiger partial charge in [-0.1, -0.05) is 52.5 Å². The summed E-state index contributed by atoms with van der Waals surface area (Å²) in [5.41, 5.74) is 1.41. The molecule has 1 aromatic rings. The van der Waals surface area contributed by atoms with Gasteiger partial charge in [0.25, 0.3) is 5.91 Å². The maximum Gasteiger partial charge on any atom is 0.253 e. The van der Waals surface area contributed by atoms with Gasteiger partial charge >= 0.3 is 0 Å². The van der Waals surface area contributed by atoms with Gasteiger partial charge in [-0.25, -0.2) is 0 Å². The number of halogens is 2. The summed E-state index contributed by atoms with van der Waals surface area (Å²) in [6, 6.07) is 5.56. The van der Waals surface area contributed by atoms with Gasteiger partial charge in [-0.05, 0) is 31.4 Å². The number of carbonyl (C=O) groups excluding carboxylic acids is 1. The van der Waals surface area contributed by atoms with Crippen molar-refractivity contribution < 1.29 is 4.79 Å². The molecule has 2 nitrogen and oxygen atoms in total. The Kier molecular flexibility index (Phi) is 4.33. The summed E-state index contributed by atoms with van der Waals surface area (Å²) in [7, 11) is 0. The molecule has 0 bridgehead atoms. The first-order valence-corrected chi connectivity index (χ1v) is 7.71. The molecule has 4 heteroatoms. The number of aryl methyl sites for hydroxylation is 1. The van der Waals surface area contributed by atoms with E-state index in [1.54, 1.807) is 6.07 Å². The van der Waals surface area contributed by atoms with Gasteiger partial charge in [-0.15, -0.1) is 0 Å². The fraction of sp³-hybridized carbons (Fsp3) is 0.500. The Morgan fingerprint density at radius 1 is 1.44 bits per heavy atom. The summed E-state index contributed by atoms with van der Waals surface area (Å²) in [6.07, 6.45) is 4.42. The van der Waals surface area contributed by atoms with E-state index in [2.05, 4.69) is 21.2 Å². The molecule has 0 atom stereocenters. The largest absolute Gasteiger partial charge is 0.346 e. The molecule has 98 valence electrons. The number of carbonyl (C=O) groups is 1. The van der Waals surface area contributed by atoms with Gasteiger partial charge in [-0.3, -0.25) is 4.79 Å². The first-order valence-electron chi connectivity index (χ1n) is 6.22. The van der Waals surface area contributed by atoms with Crippen molar-refractivity contribution in [1.82, 2.24) is 5.32 Å². The monoisotopic (exact) mass is 329 g/mol. The highest BCUT2D eigenvalue weighted by molar-refractivity contribution is 9.09. The van der Waals surface area contributed by atoms with Gasteiger partial charge < -0.3 is 5.32 Å². The number of hydrogen-bond acceptors (Lipinski definition) is 1. The van der Waals surface area contributed by atoms with Gasteiger partial charge in [0.2, 0.25) is 0 Å². The Morgan fingerprint density at radius 2 is 2.11 bits per heavy atom. The summed E-state index contributed by atoms with van der Waals surface area (Å²) in [6.45, 7) is 1.91. The van der Waals surface area contributed by atoms with Gasteiger partial charge in [-0.2, -0.15) is 0 Å². The lowest BCUT2D eigenvalue weighted by Gasteiger charge is -2.28. The zero-order valence-electron chi connectivity index (χ0n) is 10.4. The van der Waals surface area contributed by atoms with Crippen molar-refractivity contribution >= 4 is 33.4 Å². The molecule has 0 heterocycles. The van der Waals surface area contributed by atoms with E-state index in [0.717, 1.165) is 23.7 Å². The molecule has 1 fully saturated rings. The molecule has 0 spiro atoms. The zero-order chi connectivity index (χ0) is 13.2. The minimum absolute atomic E-state index is 0.0648. The molecule has 1 aliphatic rings. The van der Waals surface area contributed by atoms with Crippen molar-refractivity contribution in [3.63, 3.8) is 0 Å². The highest BCUT2D eigenvalue weighted by Crippen LogP contribution is 2.32. The SMILES string of the molecule is Cc1cccc(C(=O)NC2(CBr)CCCC2)c1Cl. The van der Waals surface area contributed by atoms with Crippen LogP contribution in [0.1, 0.15) is 41.6 Å². The Balaban J connectivity index is 2.19. The second-order valence-corrected chi connectivity index (χ2v) is 5.95. The van der Waals surface area contributed by atoms with Crippen LogP contribution in [0.3, 0.4) is 0 Å². The predicted molar refractivity (Wildman–Crippen MR) is 78.6 cm³/mol. The number of hydrogen-bond donors (Lipinski definition) is 1. The Bertz CT molecular complexity index is 455. The van der Waals surface area contributed by atoms with Crippen molar-refractivity contribution in [3.8, 4) is 0 Å². The maximum atomic E-state index is 12.3. The molecule has 0 radical (unpaired) electrons. The van der Waals surface area contributed by atoms with E-state index in [1.807, 2.05) is 19.1 Å². The molecule has 0 aliphatic heterocycles. The van der Waals surface area contributed by atoms with Crippen LogP contribution in [0.15, 0.2) is 18.2 Å². The lowest BCUT2D eigenvalue weighted by molar-refractivity contribution is 0.0910. The van der Waals surface area contributed by atoms with Crippen LogP contribution in [0.25, 0.3) is 0 Å². The average Bonchev–Trinajstić information content (AvgIpc) is 2.81. The van der Waals surface area contributed by atoms with Crippen LogP contribution < -0.4 is 5.32 Å². The van der Waals surface area contributed by atoms with Crippen molar-refractivity contribution in [1.29, 1.82) is 0 Å². The van der Waals surface area contributed by atoms with E-state index >= 15 is 0 Å². The fourth-order valence-electron chi connectivity index (χ4n) is 2.47. The Morgan fingerprint density at radius 3 is 2.72 bits per heavy atom. The molecule has 0 unspecified atom stereocenters. The summed E-state index contributed by atoms with van der Waals surface area (Å²) >= 11 is 9.71. The molecule has 2 rings (SSSR count). The highest BCUT2D eigenvalue weighted by Gasteiger charge is 2.34. The third kappa shape index (κ3) is 2.72. The van der Waals surface area contributed by atoms with Gasteiger partial charge in [0.15, 0.2) is 0 Å². The lowest BCUT2D eigenvalue weighted by atomic mass is 9.99. The molecular weight excluding hydrogens is 314 g/mol. The van der Waals surface area contributed by atoms with E-state index in [-0.39, 0.29) is 11.4 Å². The maximum absolute atomic E-state index is 12.3. The minimum atomic E-state index is -0.0931. The number of amides is 1. The number of nitrogens with one attached hydrogen (secondary N) is 1. The van der Waals surface area contributed by atoms with Crippen LogP contribution in [0.2, 0.25) is 5.02 Å². The highest BCUT2D eigenvalue weighted by atomic mass is 79.9. The standard InChI is InChI=1S/C14H17BrClNO/c1-10-5-4-6-11(12(10)16)13(18)17-14(9-15)7-2-3-8-14/h4-6H,2-3,7-9H2,1H3,(H,17,18). The quantitative estimate of drug-likeness (QED) is 0.831. The molecule has 1 saturated carbocycles. The lowest BCUT2D eigenvalue weighted by Crippen LogP contribution is -2.47. The predicted octanol–water partition coefficient (Wildman–Crippen LogP) is 4.09. The smallest absolute Gasteiger partial charge is 0.253 e. The van der Waals surface area contributed by atoms with Crippen LogP contribution in [0, 0.1) is 6.92 Å². The molecule has 18 heavy (non-hydrogen) atoms. The fourth-order valence-corrected chi connectivity index (χ4v) is 3.39. The van der Waals surface area contributed by atoms with E-state index in [4.69, 9.17) is 11.6 Å². The second-order valence-electron chi connectivity index (χ2n) is 5.01. The molecule has 0 aromatic heterocycles. The normalized spacial score (nSPS) is 17.7. The van der Waals surface area contributed by atoms with E-state index < -0.39 is 0 Å². The van der Waals surface area contributed by atoms with Crippen molar-refractivity contribution in [2.75, 3.05) is 5.33 Å². The third-order valence-corrected chi connectivity index (χ3v) is 5.21. The molecule has 1 amide bonds. The third-order valence-electron chi connectivity index (χ3n) is 3.63. The number of alkyl halides is 1. The minimum Gasteiger partial charge on any atom is -0.346 e. The average molecular weight is 331 g/mol. The van der Waals surface area contributed by atoms with Crippen LogP contribution in [-0.2, 0) is 0 Å². The first-order chi connectivity index (χ1) is 8.58. The van der Waals surface area contributed by atoms with Crippen LogP contribution in [0.4, 0.5) is 0 Å². The zero-order valence-corrected chi connectivity index (χ0v) is 12.8. The van der Waals surface area contributed by atoms with E-state index in [0.29, 0.717) is 10.6 Å². The van der Waals surface area contributed by atoms with Crippen molar-refractivity contribution in [3.05, 3.63) is 34.3 Å². The molecular formula is C14H17BrClNO. The molecule has 1 aromatic carbocycles. The van der Waals surface area contributed by atoms with Crippen molar-refractivity contribution in [2.45, 2.75) is 38.1 Å². The van der Waals surface area contributed by atoms with Crippen LogP contribution in [0.5, 0.6) is 0 Å². The first kappa shape index (κ1) is 13.9. The van der Waals surface area contributed by atoms with Gasteiger partial charge in [0.05, 0.1) is 16.1 Å².